The summed E-state index contributed by atoms with van der Waals surface area (Å²) in [6.45, 7) is 2.41. The van der Waals surface area contributed by atoms with Crippen molar-refractivity contribution in [3.8, 4) is 5.75 Å². The molecule has 0 radical (unpaired) electrons. The normalized spacial score (nSPS) is 10.7. The highest BCUT2D eigenvalue weighted by atomic mass is 16.5. The number of hydrogen-bond acceptors (Lipinski definition) is 3. The molecule has 0 aliphatic heterocycles. The summed E-state index contributed by atoms with van der Waals surface area (Å²) >= 11 is 0. The van der Waals surface area contributed by atoms with Gasteiger partial charge in [-0.05, 0) is 42.8 Å². The predicted octanol–water partition coefficient (Wildman–Crippen LogP) is 2.32. The highest BCUT2D eigenvalue weighted by molar-refractivity contribution is 5.92. The fourth-order valence-corrected chi connectivity index (χ4v) is 2.10. The van der Waals surface area contributed by atoms with E-state index >= 15 is 0 Å². The van der Waals surface area contributed by atoms with Crippen LogP contribution in [-0.2, 0) is 6.61 Å². The number of pyridine rings is 1. The number of carbonyl (C=O) groups is 1. The summed E-state index contributed by atoms with van der Waals surface area (Å²) in [5.74, 6) is 0.227. The Morgan fingerprint density at radius 3 is 2.67 bits per heavy atom. The number of primary amides is 1. The Hall–Kier alpha value is -2.82. The number of fused-ring (bicyclic) bond motifs is 1. The molecule has 0 bridgehead atoms. The first kappa shape index (κ1) is 13.2. The molecule has 0 aliphatic carbocycles. The molecule has 1 amide bonds. The van der Waals surface area contributed by atoms with E-state index in [1.807, 2.05) is 35.9 Å². The molecule has 0 aliphatic rings. The van der Waals surface area contributed by atoms with Crippen LogP contribution in [0.3, 0.4) is 0 Å². The number of carbonyl (C=O) groups excluding carboxylic acids is 1. The number of benzene rings is 1. The Labute approximate surface area is 122 Å². The van der Waals surface area contributed by atoms with Crippen molar-refractivity contribution >= 4 is 11.6 Å². The second-order valence-electron chi connectivity index (χ2n) is 4.88. The van der Waals surface area contributed by atoms with Gasteiger partial charge in [0.2, 0.25) is 5.91 Å². The fourth-order valence-electron chi connectivity index (χ4n) is 2.10. The molecule has 2 aromatic heterocycles. The Kier molecular flexibility index (Phi) is 3.31. The number of aromatic nitrogens is 2. The van der Waals surface area contributed by atoms with Crippen LogP contribution < -0.4 is 10.5 Å². The van der Waals surface area contributed by atoms with E-state index in [9.17, 15) is 4.79 Å². The van der Waals surface area contributed by atoms with Crippen LogP contribution in [0.25, 0.3) is 5.65 Å². The van der Waals surface area contributed by atoms with E-state index in [1.165, 1.54) is 5.56 Å². The number of ether oxygens (including phenoxy) is 1. The molecule has 0 atom stereocenters. The number of imidazole rings is 1. The van der Waals surface area contributed by atoms with Gasteiger partial charge >= 0.3 is 0 Å². The summed E-state index contributed by atoms with van der Waals surface area (Å²) in [4.78, 5) is 15.5. The topological polar surface area (TPSA) is 69.6 Å². The summed E-state index contributed by atoms with van der Waals surface area (Å²) in [7, 11) is 0. The van der Waals surface area contributed by atoms with Crippen LogP contribution in [0.1, 0.15) is 21.6 Å². The molecule has 106 valence electrons. The first-order valence-corrected chi connectivity index (χ1v) is 6.59. The van der Waals surface area contributed by atoms with Crippen LogP contribution in [0.15, 0.2) is 48.8 Å². The molecular weight excluding hydrogens is 266 g/mol. The molecule has 3 aromatic rings. The molecule has 0 fully saturated rings. The third kappa shape index (κ3) is 2.86. The van der Waals surface area contributed by atoms with Crippen molar-refractivity contribution in [3.63, 3.8) is 0 Å². The average Bonchev–Trinajstić information content (AvgIpc) is 2.87. The number of hydrogen-bond donors (Lipinski definition) is 1. The summed E-state index contributed by atoms with van der Waals surface area (Å²) in [5.41, 5.74) is 8.57. The first-order valence-electron chi connectivity index (χ1n) is 6.59. The van der Waals surface area contributed by atoms with Crippen molar-refractivity contribution in [2.45, 2.75) is 13.5 Å². The Bertz CT molecular complexity index is 791. The molecule has 2 heterocycles. The van der Waals surface area contributed by atoms with Crippen LogP contribution in [0, 0.1) is 6.92 Å². The summed E-state index contributed by atoms with van der Waals surface area (Å²) < 4.78 is 7.64. The van der Waals surface area contributed by atoms with Gasteiger partial charge in [0.15, 0.2) is 0 Å². The van der Waals surface area contributed by atoms with Crippen molar-refractivity contribution in [1.82, 2.24) is 9.38 Å². The lowest BCUT2D eigenvalue weighted by molar-refractivity contribution is 0.1000. The predicted molar refractivity (Wildman–Crippen MR) is 79.2 cm³/mol. The van der Waals surface area contributed by atoms with Gasteiger partial charge < -0.3 is 14.9 Å². The zero-order valence-electron chi connectivity index (χ0n) is 11.6. The highest BCUT2D eigenvalue weighted by Crippen LogP contribution is 2.14. The lowest BCUT2D eigenvalue weighted by atomic mass is 10.2. The molecule has 0 unspecified atom stereocenters. The quantitative estimate of drug-likeness (QED) is 0.798. The van der Waals surface area contributed by atoms with Gasteiger partial charge in [-0.1, -0.05) is 6.07 Å². The Balaban J connectivity index is 1.72. The van der Waals surface area contributed by atoms with E-state index in [1.54, 1.807) is 24.3 Å². The van der Waals surface area contributed by atoms with E-state index in [0.29, 0.717) is 17.9 Å². The highest BCUT2D eigenvalue weighted by Gasteiger charge is 2.04. The zero-order chi connectivity index (χ0) is 14.8. The van der Waals surface area contributed by atoms with Gasteiger partial charge in [0, 0.05) is 18.0 Å². The first-order chi connectivity index (χ1) is 10.1. The minimum Gasteiger partial charge on any atom is -0.487 e. The Morgan fingerprint density at radius 1 is 1.19 bits per heavy atom. The van der Waals surface area contributed by atoms with Gasteiger partial charge in [-0.25, -0.2) is 4.98 Å². The second kappa shape index (κ2) is 5.28. The van der Waals surface area contributed by atoms with E-state index < -0.39 is 5.91 Å². The average molecular weight is 281 g/mol. The summed E-state index contributed by atoms with van der Waals surface area (Å²) in [6, 6.07) is 10.7. The maximum Gasteiger partial charge on any atom is 0.248 e. The Morgan fingerprint density at radius 2 is 1.95 bits per heavy atom. The maximum absolute atomic E-state index is 11.0. The number of amides is 1. The van der Waals surface area contributed by atoms with Gasteiger partial charge in [0.05, 0.1) is 5.69 Å². The van der Waals surface area contributed by atoms with Crippen molar-refractivity contribution in [3.05, 3.63) is 65.6 Å². The van der Waals surface area contributed by atoms with Gasteiger partial charge in [-0.2, -0.15) is 0 Å². The van der Waals surface area contributed by atoms with Crippen molar-refractivity contribution < 1.29 is 9.53 Å². The minimum absolute atomic E-state index is 0.372. The standard InChI is InChI=1S/C16H15N3O2/c1-11-2-7-15-18-13(9-19(15)8-11)10-21-14-5-3-12(4-6-14)16(17)20/h2-9H,10H2,1H3,(H2,17,20). The fraction of sp³-hybridized carbons (Fsp3) is 0.125. The summed E-state index contributed by atoms with van der Waals surface area (Å²) in [6.07, 6.45) is 3.97. The SMILES string of the molecule is Cc1ccc2nc(COc3ccc(C(N)=O)cc3)cn2c1. The summed E-state index contributed by atoms with van der Waals surface area (Å²) in [5, 5.41) is 0. The number of rotatable bonds is 4. The van der Waals surface area contributed by atoms with Gasteiger partial charge in [-0.3, -0.25) is 4.79 Å². The smallest absolute Gasteiger partial charge is 0.248 e. The maximum atomic E-state index is 11.0. The van der Waals surface area contributed by atoms with Crippen molar-refractivity contribution in [2.24, 2.45) is 5.73 Å². The molecule has 1 aromatic carbocycles. The lowest BCUT2D eigenvalue weighted by Crippen LogP contribution is -2.10. The molecule has 21 heavy (non-hydrogen) atoms. The number of nitrogens with zero attached hydrogens (tertiary/aromatic N) is 2. The molecule has 0 saturated carbocycles. The number of nitrogens with two attached hydrogens (primary N) is 1. The third-order valence-electron chi connectivity index (χ3n) is 3.17. The van der Waals surface area contributed by atoms with Gasteiger partial charge in [-0.15, -0.1) is 0 Å². The van der Waals surface area contributed by atoms with Crippen molar-refractivity contribution in [2.75, 3.05) is 0 Å². The van der Waals surface area contributed by atoms with Crippen LogP contribution in [0.5, 0.6) is 5.75 Å². The molecular formula is C16H15N3O2. The van der Waals surface area contributed by atoms with E-state index in [0.717, 1.165) is 11.3 Å². The molecule has 5 heteroatoms. The van der Waals surface area contributed by atoms with Crippen molar-refractivity contribution in [1.29, 1.82) is 0 Å². The van der Waals surface area contributed by atoms with E-state index in [-0.39, 0.29) is 0 Å². The van der Waals surface area contributed by atoms with Crippen LogP contribution in [0.2, 0.25) is 0 Å². The van der Waals surface area contributed by atoms with Crippen LogP contribution >= 0.6 is 0 Å². The van der Waals surface area contributed by atoms with Gasteiger partial charge in [0.25, 0.3) is 0 Å². The van der Waals surface area contributed by atoms with E-state index in [2.05, 4.69) is 4.98 Å². The zero-order valence-corrected chi connectivity index (χ0v) is 11.6. The van der Waals surface area contributed by atoms with Crippen LogP contribution in [0.4, 0.5) is 0 Å². The van der Waals surface area contributed by atoms with Gasteiger partial charge in [0.1, 0.15) is 18.0 Å². The molecule has 5 nitrogen and oxygen atoms in total. The minimum atomic E-state index is -0.447. The lowest BCUT2D eigenvalue weighted by Gasteiger charge is -2.04. The number of aryl methyl sites for hydroxylation is 1. The van der Waals surface area contributed by atoms with Crippen LogP contribution in [-0.4, -0.2) is 15.3 Å². The molecule has 0 saturated heterocycles. The monoisotopic (exact) mass is 281 g/mol. The second-order valence-corrected chi connectivity index (χ2v) is 4.88. The molecule has 0 spiro atoms. The largest absolute Gasteiger partial charge is 0.487 e. The third-order valence-corrected chi connectivity index (χ3v) is 3.17. The molecule has 3 rings (SSSR count). The van der Waals surface area contributed by atoms with E-state index in [4.69, 9.17) is 10.5 Å². The molecule has 2 N–H and O–H groups in total.